The number of aryl methyl sites for hydroxylation is 2. The number of nitrogens with zero attached hydrogens (tertiary/aromatic N) is 1. The molecule has 23 heavy (non-hydrogen) atoms. The molecule has 0 aliphatic rings. The van der Waals surface area contributed by atoms with E-state index in [9.17, 15) is 4.79 Å². The zero-order valence-electron chi connectivity index (χ0n) is 12.7. The summed E-state index contributed by atoms with van der Waals surface area (Å²) in [4.78, 5) is 21.6. The highest BCUT2D eigenvalue weighted by molar-refractivity contribution is 9.10. The van der Waals surface area contributed by atoms with Crippen LogP contribution in [0.25, 0.3) is 10.2 Å². The zero-order valence-corrected chi connectivity index (χ0v) is 15.9. The number of rotatable bonds is 3. The minimum absolute atomic E-state index is 0.127. The molecule has 1 atom stereocenters. The SMILES string of the molecule is Cc1sc2nc([C@H](C)Oc3ccc(Cl)cc3Br)[nH]c(=O)c2c1C. The van der Waals surface area contributed by atoms with E-state index in [0.717, 1.165) is 19.7 Å². The van der Waals surface area contributed by atoms with Gasteiger partial charge in [0.15, 0.2) is 11.9 Å². The Balaban J connectivity index is 1.98. The van der Waals surface area contributed by atoms with Gasteiger partial charge in [0, 0.05) is 9.90 Å². The van der Waals surface area contributed by atoms with Gasteiger partial charge in [0.1, 0.15) is 10.6 Å². The van der Waals surface area contributed by atoms with E-state index in [0.29, 0.717) is 22.0 Å². The third kappa shape index (κ3) is 3.16. The molecule has 3 aromatic rings. The van der Waals surface area contributed by atoms with E-state index in [2.05, 4.69) is 25.9 Å². The molecule has 0 radical (unpaired) electrons. The average molecular weight is 414 g/mol. The molecule has 2 heterocycles. The molecule has 120 valence electrons. The number of hydrogen-bond acceptors (Lipinski definition) is 4. The summed E-state index contributed by atoms with van der Waals surface area (Å²) in [5.74, 6) is 1.15. The summed E-state index contributed by atoms with van der Waals surface area (Å²) in [5, 5.41) is 1.28. The van der Waals surface area contributed by atoms with Gasteiger partial charge in [-0.2, -0.15) is 0 Å². The maximum Gasteiger partial charge on any atom is 0.260 e. The van der Waals surface area contributed by atoms with Crippen LogP contribution in [-0.2, 0) is 0 Å². The van der Waals surface area contributed by atoms with Crippen molar-refractivity contribution in [3.8, 4) is 5.75 Å². The van der Waals surface area contributed by atoms with Crippen LogP contribution in [0, 0.1) is 13.8 Å². The lowest BCUT2D eigenvalue weighted by molar-refractivity contribution is 0.215. The van der Waals surface area contributed by atoms with Crippen molar-refractivity contribution in [2.75, 3.05) is 0 Å². The molecular formula is C16H14BrClN2O2S. The maximum absolute atomic E-state index is 12.3. The minimum atomic E-state index is -0.396. The third-order valence-corrected chi connectivity index (χ3v) is 5.60. The van der Waals surface area contributed by atoms with Crippen molar-refractivity contribution in [1.82, 2.24) is 9.97 Å². The number of halogens is 2. The molecule has 0 unspecified atom stereocenters. The van der Waals surface area contributed by atoms with Gasteiger partial charge >= 0.3 is 0 Å². The Morgan fingerprint density at radius 1 is 1.39 bits per heavy atom. The Bertz CT molecular complexity index is 951. The average Bonchev–Trinajstić information content (AvgIpc) is 2.77. The Hall–Kier alpha value is -1.37. The summed E-state index contributed by atoms with van der Waals surface area (Å²) in [7, 11) is 0. The maximum atomic E-state index is 12.3. The largest absolute Gasteiger partial charge is 0.482 e. The number of benzene rings is 1. The second kappa shape index (κ2) is 6.26. The number of ether oxygens (including phenoxy) is 1. The number of hydrogen-bond donors (Lipinski definition) is 1. The third-order valence-electron chi connectivity index (χ3n) is 3.64. The van der Waals surface area contributed by atoms with Crippen molar-refractivity contribution in [2.24, 2.45) is 0 Å². The van der Waals surface area contributed by atoms with Crippen LogP contribution in [0.3, 0.4) is 0 Å². The van der Waals surface area contributed by atoms with Gasteiger partial charge in [-0.25, -0.2) is 4.98 Å². The van der Waals surface area contributed by atoms with Crippen LogP contribution in [0.1, 0.15) is 29.3 Å². The first-order chi connectivity index (χ1) is 10.9. The molecule has 1 aromatic carbocycles. The molecule has 0 amide bonds. The van der Waals surface area contributed by atoms with Crippen LogP contribution in [0.4, 0.5) is 0 Å². The second-order valence-corrected chi connectivity index (χ2v) is 7.74. The highest BCUT2D eigenvalue weighted by Gasteiger charge is 2.17. The summed E-state index contributed by atoms with van der Waals surface area (Å²) < 4.78 is 6.65. The van der Waals surface area contributed by atoms with Gasteiger partial charge in [0.25, 0.3) is 5.56 Å². The van der Waals surface area contributed by atoms with Gasteiger partial charge in [-0.15, -0.1) is 11.3 Å². The van der Waals surface area contributed by atoms with Crippen molar-refractivity contribution >= 4 is 49.1 Å². The summed E-state index contributed by atoms with van der Waals surface area (Å²) in [5.41, 5.74) is 0.858. The van der Waals surface area contributed by atoms with Gasteiger partial charge in [-0.3, -0.25) is 4.79 Å². The normalized spacial score (nSPS) is 12.6. The van der Waals surface area contributed by atoms with E-state index in [1.54, 1.807) is 18.2 Å². The van der Waals surface area contributed by atoms with Crippen molar-refractivity contribution in [1.29, 1.82) is 0 Å². The Labute approximate surface area is 150 Å². The first-order valence-corrected chi connectivity index (χ1v) is 8.97. The molecule has 0 fully saturated rings. The van der Waals surface area contributed by atoms with Crippen molar-refractivity contribution < 1.29 is 4.74 Å². The van der Waals surface area contributed by atoms with Crippen LogP contribution < -0.4 is 10.3 Å². The van der Waals surface area contributed by atoms with Crippen LogP contribution in [0.5, 0.6) is 5.75 Å². The lowest BCUT2D eigenvalue weighted by atomic mass is 10.2. The fourth-order valence-electron chi connectivity index (χ4n) is 2.28. The van der Waals surface area contributed by atoms with Crippen LogP contribution in [0.2, 0.25) is 5.02 Å². The fraction of sp³-hybridized carbons (Fsp3) is 0.250. The van der Waals surface area contributed by atoms with Crippen LogP contribution in [-0.4, -0.2) is 9.97 Å². The number of aromatic amines is 1. The Morgan fingerprint density at radius 3 is 2.83 bits per heavy atom. The molecular weight excluding hydrogens is 400 g/mol. The van der Waals surface area contributed by atoms with E-state index in [-0.39, 0.29) is 5.56 Å². The predicted molar refractivity (Wildman–Crippen MR) is 97.9 cm³/mol. The van der Waals surface area contributed by atoms with Crippen molar-refractivity contribution in [3.63, 3.8) is 0 Å². The monoisotopic (exact) mass is 412 g/mol. The Kier molecular flexibility index (Phi) is 4.49. The predicted octanol–water partition coefficient (Wildman–Crippen LogP) is 5.16. The van der Waals surface area contributed by atoms with Gasteiger partial charge in [0.2, 0.25) is 0 Å². The Morgan fingerprint density at radius 2 is 2.13 bits per heavy atom. The molecule has 0 saturated carbocycles. The molecule has 1 N–H and O–H groups in total. The number of H-pyrrole nitrogens is 1. The topological polar surface area (TPSA) is 55.0 Å². The second-order valence-electron chi connectivity index (χ2n) is 5.25. The number of thiophene rings is 1. The number of nitrogens with one attached hydrogen (secondary N) is 1. The van der Waals surface area contributed by atoms with Crippen molar-refractivity contribution in [3.05, 3.63) is 54.3 Å². The lowest BCUT2D eigenvalue weighted by Gasteiger charge is -2.15. The standard InChI is InChI=1S/C16H14BrClN2O2S/c1-7-9(3)23-16-13(7)15(21)19-14(20-16)8(2)22-12-5-4-10(18)6-11(12)17/h4-6,8H,1-3H3,(H,19,20,21)/t8-/m0/s1. The van der Waals surface area contributed by atoms with Crippen LogP contribution in [0.15, 0.2) is 27.5 Å². The number of aromatic nitrogens is 2. The van der Waals surface area contributed by atoms with E-state index in [1.807, 2.05) is 20.8 Å². The summed E-state index contributed by atoms with van der Waals surface area (Å²) in [6.07, 6.45) is -0.396. The first-order valence-electron chi connectivity index (χ1n) is 6.98. The van der Waals surface area contributed by atoms with Gasteiger partial charge in [-0.05, 0) is 60.5 Å². The lowest BCUT2D eigenvalue weighted by Crippen LogP contribution is -2.16. The molecule has 4 nitrogen and oxygen atoms in total. The van der Waals surface area contributed by atoms with E-state index in [4.69, 9.17) is 16.3 Å². The zero-order chi connectivity index (χ0) is 16.7. The molecule has 7 heteroatoms. The molecule has 2 aromatic heterocycles. The highest BCUT2D eigenvalue weighted by atomic mass is 79.9. The van der Waals surface area contributed by atoms with E-state index in [1.165, 1.54) is 11.3 Å². The highest BCUT2D eigenvalue weighted by Crippen LogP contribution is 2.32. The molecule has 0 spiro atoms. The van der Waals surface area contributed by atoms with Gasteiger partial charge in [0.05, 0.1) is 9.86 Å². The quantitative estimate of drug-likeness (QED) is 0.645. The summed E-state index contributed by atoms with van der Waals surface area (Å²) in [6.45, 7) is 5.78. The van der Waals surface area contributed by atoms with Crippen molar-refractivity contribution in [2.45, 2.75) is 26.9 Å². The smallest absolute Gasteiger partial charge is 0.260 e. The van der Waals surface area contributed by atoms with E-state index < -0.39 is 6.10 Å². The molecule has 0 saturated heterocycles. The minimum Gasteiger partial charge on any atom is -0.482 e. The van der Waals surface area contributed by atoms with Crippen LogP contribution >= 0.6 is 38.9 Å². The summed E-state index contributed by atoms with van der Waals surface area (Å²) >= 11 is 10.9. The first kappa shape index (κ1) is 16.5. The fourth-order valence-corrected chi connectivity index (χ4v) is 4.09. The number of fused-ring (bicyclic) bond motifs is 1. The summed E-state index contributed by atoms with van der Waals surface area (Å²) in [6, 6.07) is 5.29. The molecule has 3 rings (SSSR count). The van der Waals surface area contributed by atoms with E-state index >= 15 is 0 Å². The molecule has 0 aliphatic heterocycles. The molecule has 0 aliphatic carbocycles. The molecule has 0 bridgehead atoms. The van der Waals surface area contributed by atoms with Gasteiger partial charge in [-0.1, -0.05) is 11.6 Å². The van der Waals surface area contributed by atoms with Gasteiger partial charge < -0.3 is 9.72 Å².